The Balaban J connectivity index is 1.83. The van der Waals surface area contributed by atoms with E-state index in [0.29, 0.717) is 0 Å². The van der Waals surface area contributed by atoms with Gasteiger partial charge < -0.3 is 20.7 Å². The van der Waals surface area contributed by atoms with Gasteiger partial charge in [0, 0.05) is 35.9 Å². The number of carbonyl (C=O) groups is 1. The molecule has 1 saturated heterocycles. The Morgan fingerprint density at radius 1 is 1.55 bits per heavy atom. The molecule has 0 saturated carbocycles. The van der Waals surface area contributed by atoms with Gasteiger partial charge in [-0.05, 0) is 40.9 Å². The van der Waals surface area contributed by atoms with Crippen molar-refractivity contribution in [1.82, 2.24) is 0 Å². The van der Waals surface area contributed by atoms with Crippen LogP contribution >= 0.6 is 15.9 Å². The quantitative estimate of drug-likeness (QED) is 0.883. The van der Waals surface area contributed by atoms with Crippen LogP contribution in [0.15, 0.2) is 16.6 Å². The molecule has 0 bridgehead atoms. The molecule has 0 radical (unpaired) electrons. The first kappa shape index (κ1) is 13.9. The second-order valence-corrected chi connectivity index (χ2v) is 6.23. The molecule has 0 spiro atoms. The minimum atomic E-state index is -0.571. The molecule has 20 heavy (non-hydrogen) atoms. The lowest BCUT2D eigenvalue weighted by Gasteiger charge is -2.24. The van der Waals surface area contributed by atoms with Gasteiger partial charge in [-0.2, -0.15) is 0 Å². The highest BCUT2D eigenvalue weighted by molar-refractivity contribution is 9.10. The third-order valence-electron chi connectivity index (χ3n) is 3.91. The van der Waals surface area contributed by atoms with Gasteiger partial charge in [0.15, 0.2) is 0 Å². The van der Waals surface area contributed by atoms with E-state index < -0.39 is 6.04 Å². The summed E-state index contributed by atoms with van der Waals surface area (Å²) in [5.74, 6) is -0.147. The zero-order chi connectivity index (χ0) is 14.3. The van der Waals surface area contributed by atoms with Crippen LogP contribution in [0.3, 0.4) is 0 Å². The molecule has 6 heteroatoms. The van der Waals surface area contributed by atoms with Crippen LogP contribution in [0.2, 0.25) is 0 Å². The maximum Gasteiger partial charge on any atom is 0.245 e. The van der Waals surface area contributed by atoms with Gasteiger partial charge >= 0.3 is 0 Å². The number of anilines is 2. The summed E-state index contributed by atoms with van der Waals surface area (Å²) in [5, 5.41) is 2.82. The largest absolute Gasteiger partial charge is 0.376 e. The zero-order valence-corrected chi connectivity index (χ0v) is 12.9. The first-order chi connectivity index (χ1) is 9.56. The van der Waals surface area contributed by atoms with Crippen molar-refractivity contribution < 1.29 is 9.53 Å². The number of halogens is 1. The molecule has 0 aromatic heterocycles. The average molecular weight is 340 g/mol. The molecule has 5 nitrogen and oxygen atoms in total. The molecule has 2 unspecified atom stereocenters. The molecular formula is C14H18BrN3O2. The predicted molar refractivity (Wildman–Crippen MR) is 81.9 cm³/mol. The Kier molecular flexibility index (Phi) is 3.70. The highest BCUT2D eigenvalue weighted by Gasteiger charge is 2.29. The highest BCUT2D eigenvalue weighted by Crippen LogP contribution is 2.38. The first-order valence-corrected chi connectivity index (χ1v) is 7.58. The Labute approximate surface area is 126 Å². The number of nitrogens with two attached hydrogens (primary N) is 1. The molecule has 2 aliphatic heterocycles. The SMILES string of the molecule is CN(CC1CCCO1)c1cc2c(cc1Br)C(N)C(=O)N2. The van der Waals surface area contributed by atoms with E-state index in [9.17, 15) is 4.79 Å². The van der Waals surface area contributed by atoms with E-state index in [2.05, 4.69) is 26.1 Å². The maximum absolute atomic E-state index is 11.6. The van der Waals surface area contributed by atoms with Crippen molar-refractivity contribution in [2.75, 3.05) is 30.4 Å². The van der Waals surface area contributed by atoms with Crippen LogP contribution < -0.4 is 16.0 Å². The van der Waals surface area contributed by atoms with Gasteiger partial charge in [0.1, 0.15) is 6.04 Å². The number of ether oxygens (including phenoxy) is 1. The van der Waals surface area contributed by atoms with Gasteiger partial charge in [-0.1, -0.05) is 0 Å². The van der Waals surface area contributed by atoms with E-state index >= 15 is 0 Å². The van der Waals surface area contributed by atoms with Crippen molar-refractivity contribution in [3.63, 3.8) is 0 Å². The van der Waals surface area contributed by atoms with Crippen molar-refractivity contribution in [2.24, 2.45) is 5.73 Å². The van der Waals surface area contributed by atoms with Crippen LogP contribution in [0, 0.1) is 0 Å². The first-order valence-electron chi connectivity index (χ1n) is 6.79. The number of amides is 1. The Morgan fingerprint density at radius 3 is 3.05 bits per heavy atom. The van der Waals surface area contributed by atoms with E-state index in [1.165, 1.54) is 0 Å². The molecule has 108 valence electrons. The smallest absolute Gasteiger partial charge is 0.245 e. The van der Waals surface area contributed by atoms with Crippen LogP contribution in [-0.2, 0) is 9.53 Å². The van der Waals surface area contributed by atoms with Crippen LogP contribution in [0.5, 0.6) is 0 Å². The van der Waals surface area contributed by atoms with Crippen molar-refractivity contribution in [2.45, 2.75) is 25.0 Å². The minimum absolute atomic E-state index is 0.147. The number of rotatable bonds is 3. The zero-order valence-electron chi connectivity index (χ0n) is 11.4. The molecule has 0 aliphatic carbocycles. The Morgan fingerprint density at radius 2 is 2.35 bits per heavy atom. The minimum Gasteiger partial charge on any atom is -0.376 e. The lowest BCUT2D eigenvalue weighted by atomic mass is 10.1. The van der Waals surface area contributed by atoms with Crippen molar-refractivity contribution in [3.05, 3.63) is 22.2 Å². The summed E-state index contributed by atoms with van der Waals surface area (Å²) in [6, 6.07) is 3.33. The predicted octanol–water partition coefficient (Wildman–Crippen LogP) is 2.02. The summed E-state index contributed by atoms with van der Waals surface area (Å²) >= 11 is 3.57. The molecule has 1 fully saturated rings. The summed E-state index contributed by atoms with van der Waals surface area (Å²) < 4.78 is 6.61. The second kappa shape index (κ2) is 5.35. The Hall–Kier alpha value is -1.11. The third-order valence-corrected chi connectivity index (χ3v) is 4.54. The average Bonchev–Trinajstić information content (AvgIpc) is 3.00. The highest BCUT2D eigenvalue weighted by atomic mass is 79.9. The maximum atomic E-state index is 11.6. The molecule has 2 aliphatic rings. The van der Waals surface area contributed by atoms with Gasteiger partial charge in [0.25, 0.3) is 0 Å². The number of nitrogens with one attached hydrogen (secondary N) is 1. The number of hydrogen-bond donors (Lipinski definition) is 2. The third kappa shape index (κ3) is 2.43. The summed E-state index contributed by atoms with van der Waals surface area (Å²) in [6.45, 7) is 1.70. The monoisotopic (exact) mass is 339 g/mol. The van der Waals surface area contributed by atoms with Gasteiger partial charge in [-0.25, -0.2) is 0 Å². The van der Waals surface area contributed by atoms with Crippen molar-refractivity contribution in [3.8, 4) is 0 Å². The number of carbonyl (C=O) groups excluding carboxylic acids is 1. The lowest BCUT2D eigenvalue weighted by Crippen LogP contribution is -2.28. The van der Waals surface area contributed by atoms with Gasteiger partial charge in [-0.15, -0.1) is 0 Å². The van der Waals surface area contributed by atoms with Crippen LogP contribution in [-0.4, -0.2) is 32.2 Å². The summed E-state index contributed by atoms with van der Waals surface area (Å²) in [4.78, 5) is 13.8. The van der Waals surface area contributed by atoms with E-state index in [4.69, 9.17) is 10.5 Å². The fraction of sp³-hybridized carbons (Fsp3) is 0.500. The van der Waals surface area contributed by atoms with E-state index in [0.717, 1.165) is 47.4 Å². The number of fused-ring (bicyclic) bond motifs is 1. The fourth-order valence-electron chi connectivity index (χ4n) is 2.78. The van der Waals surface area contributed by atoms with Crippen LogP contribution in [0.1, 0.15) is 24.4 Å². The molecule has 1 amide bonds. The summed E-state index contributed by atoms with van der Waals surface area (Å²) in [6.07, 6.45) is 2.53. The number of nitrogens with zero attached hydrogens (tertiary/aromatic N) is 1. The standard InChI is InChI=1S/C14H18BrN3O2/c1-18(7-8-3-2-4-20-8)12-6-11-9(5-10(12)15)13(16)14(19)17-11/h5-6,8,13H,2-4,7,16H2,1H3,(H,17,19). The molecule has 2 heterocycles. The summed E-state index contributed by atoms with van der Waals surface area (Å²) in [5.41, 5.74) is 8.54. The summed E-state index contributed by atoms with van der Waals surface area (Å²) in [7, 11) is 2.03. The van der Waals surface area contributed by atoms with Gasteiger partial charge in [-0.3, -0.25) is 4.79 Å². The molecule has 3 N–H and O–H groups in total. The second-order valence-electron chi connectivity index (χ2n) is 5.37. The van der Waals surface area contributed by atoms with E-state index in [1.54, 1.807) is 0 Å². The fourth-order valence-corrected chi connectivity index (χ4v) is 3.44. The van der Waals surface area contributed by atoms with Gasteiger partial charge in [0.05, 0.1) is 11.8 Å². The normalized spacial score (nSPS) is 24.6. The lowest BCUT2D eigenvalue weighted by molar-refractivity contribution is -0.116. The number of benzene rings is 1. The molecule has 3 rings (SSSR count). The topological polar surface area (TPSA) is 67.6 Å². The Bertz CT molecular complexity index is 543. The van der Waals surface area contributed by atoms with Crippen molar-refractivity contribution >= 4 is 33.2 Å². The van der Waals surface area contributed by atoms with Crippen molar-refractivity contribution in [1.29, 1.82) is 0 Å². The van der Waals surface area contributed by atoms with E-state index in [-0.39, 0.29) is 12.0 Å². The van der Waals surface area contributed by atoms with Gasteiger partial charge in [0.2, 0.25) is 5.91 Å². The molecule has 1 aromatic rings. The molecule has 1 aromatic carbocycles. The molecular weight excluding hydrogens is 322 g/mol. The number of hydrogen-bond acceptors (Lipinski definition) is 4. The van der Waals surface area contributed by atoms with E-state index in [1.807, 2.05) is 19.2 Å². The van der Waals surface area contributed by atoms with Crippen LogP contribution in [0.25, 0.3) is 0 Å². The van der Waals surface area contributed by atoms with Crippen LogP contribution in [0.4, 0.5) is 11.4 Å². The number of likely N-dealkylation sites (N-methyl/N-ethyl adjacent to an activating group) is 1. The molecule has 2 atom stereocenters.